The summed E-state index contributed by atoms with van der Waals surface area (Å²) in [5, 5.41) is 11.0. The highest BCUT2D eigenvalue weighted by atomic mass is 32.1. The monoisotopic (exact) mass is 319 g/mol. The van der Waals surface area contributed by atoms with Gasteiger partial charge in [-0.2, -0.15) is 5.10 Å². The van der Waals surface area contributed by atoms with E-state index in [1.807, 2.05) is 35.5 Å². The first-order valence-electron chi connectivity index (χ1n) is 7.57. The molecule has 0 fully saturated rings. The highest BCUT2D eigenvalue weighted by Gasteiger charge is 2.07. The first-order chi connectivity index (χ1) is 10.6. The lowest BCUT2D eigenvalue weighted by Gasteiger charge is -2.17. The van der Waals surface area contributed by atoms with Gasteiger partial charge in [0.1, 0.15) is 0 Å². The molecule has 0 aliphatic rings. The molecule has 120 valence electrons. The fourth-order valence-electron chi connectivity index (χ4n) is 2.30. The molecule has 0 saturated heterocycles. The first kappa shape index (κ1) is 16.5. The van der Waals surface area contributed by atoms with Crippen molar-refractivity contribution in [1.82, 2.24) is 20.4 Å². The quantitative estimate of drug-likeness (QED) is 0.633. The van der Waals surface area contributed by atoms with Crippen molar-refractivity contribution >= 4 is 17.3 Å². The molecule has 2 heterocycles. The van der Waals surface area contributed by atoms with E-state index in [-0.39, 0.29) is 0 Å². The highest BCUT2D eigenvalue weighted by molar-refractivity contribution is 7.11. The fourth-order valence-corrected chi connectivity index (χ4v) is 3.32. The van der Waals surface area contributed by atoms with Gasteiger partial charge in [0.05, 0.1) is 6.20 Å². The molecule has 2 N–H and O–H groups in total. The fraction of sp³-hybridized carbons (Fsp3) is 0.500. The first-order valence-corrected chi connectivity index (χ1v) is 8.38. The van der Waals surface area contributed by atoms with E-state index in [4.69, 9.17) is 0 Å². The molecule has 0 bridgehead atoms. The van der Waals surface area contributed by atoms with E-state index in [0.717, 1.165) is 25.3 Å². The van der Waals surface area contributed by atoms with Gasteiger partial charge in [-0.1, -0.05) is 0 Å². The van der Waals surface area contributed by atoms with Crippen LogP contribution in [0.4, 0.5) is 0 Å². The molecule has 0 aliphatic carbocycles. The largest absolute Gasteiger partial charge is 0.356 e. The maximum absolute atomic E-state index is 4.29. The molecular formula is C16H25N5S. The molecule has 2 aromatic rings. The van der Waals surface area contributed by atoms with Crippen LogP contribution < -0.4 is 10.6 Å². The third-order valence-corrected chi connectivity index (χ3v) is 4.40. The molecule has 0 aromatic carbocycles. The number of aryl methyl sites for hydroxylation is 2. The van der Waals surface area contributed by atoms with Crippen LogP contribution in [0, 0.1) is 6.92 Å². The molecule has 1 unspecified atom stereocenters. The van der Waals surface area contributed by atoms with E-state index in [2.05, 4.69) is 46.7 Å². The zero-order valence-corrected chi connectivity index (χ0v) is 14.6. The maximum Gasteiger partial charge on any atom is 0.191 e. The van der Waals surface area contributed by atoms with E-state index >= 15 is 0 Å². The smallest absolute Gasteiger partial charge is 0.191 e. The molecule has 0 amide bonds. The lowest BCUT2D eigenvalue weighted by atomic mass is 10.2. The minimum atomic E-state index is 0.350. The van der Waals surface area contributed by atoms with Gasteiger partial charge < -0.3 is 10.6 Å². The highest BCUT2D eigenvalue weighted by Crippen LogP contribution is 2.16. The number of thiophene rings is 1. The number of aromatic nitrogens is 2. The number of nitrogens with one attached hydrogen (secondary N) is 2. The molecule has 0 aliphatic heterocycles. The van der Waals surface area contributed by atoms with Crippen LogP contribution in [-0.2, 0) is 19.9 Å². The Bertz CT molecular complexity index is 614. The van der Waals surface area contributed by atoms with Crippen molar-refractivity contribution in [1.29, 1.82) is 0 Å². The zero-order valence-electron chi connectivity index (χ0n) is 13.8. The zero-order chi connectivity index (χ0) is 15.9. The summed E-state index contributed by atoms with van der Waals surface area (Å²) in [7, 11) is 3.74. The Morgan fingerprint density at radius 2 is 2.27 bits per heavy atom. The van der Waals surface area contributed by atoms with E-state index in [9.17, 15) is 0 Å². The average molecular weight is 319 g/mol. The van der Waals surface area contributed by atoms with Gasteiger partial charge in [0.25, 0.3) is 0 Å². The lowest BCUT2D eigenvalue weighted by Crippen LogP contribution is -2.43. The van der Waals surface area contributed by atoms with Crippen LogP contribution in [0.2, 0.25) is 0 Å². The van der Waals surface area contributed by atoms with Crippen molar-refractivity contribution in [2.45, 2.75) is 32.7 Å². The van der Waals surface area contributed by atoms with Crippen molar-refractivity contribution in [3.05, 3.63) is 39.8 Å². The molecule has 0 radical (unpaired) electrons. The van der Waals surface area contributed by atoms with Gasteiger partial charge in [0.15, 0.2) is 5.96 Å². The van der Waals surface area contributed by atoms with Gasteiger partial charge in [-0.25, -0.2) is 0 Å². The number of hydrogen-bond donors (Lipinski definition) is 2. The van der Waals surface area contributed by atoms with Crippen molar-refractivity contribution in [2.24, 2.45) is 12.0 Å². The van der Waals surface area contributed by atoms with E-state index < -0.39 is 0 Å². The van der Waals surface area contributed by atoms with Gasteiger partial charge in [0.2, 0.25) is 0 Å². The summed E-state index contributed by atoms with van der Waals surface area (Å²) in [5.74, 6) is 0.852. The average Bonchev–Trinajstić information content (AvgIpc) is 3.06. The molecule has 2 rings (SSSR count). The van der Waals surface area contributed by atoms with Crippen LogP contribution >= 0.6 is 11.3 Å². The third-order valence-electron chi connectivity index (χ3n) is 3.37. The summed E-state index contributed by atoms with van der Waals surface area (Å²) in [5.41, 5.74) is 1.23. The predicted octanol–water partition coefficient (Wildman–Crippen LogP) is 2.13. The van der Waals surface area contributed by atoms with Gasteiger partial charge in [0, 0.05) is 49.1 Å². The number of hydrogen-bond acceptors (Lipinski definition) is 3. The molecule has 22 heavy (non-hydrogen) atoms. The van der Waals surface area contributed by atoms with Crippen LogP contribution in [0.15, 0.2) is 29.5 Å². The Hall–Kier alpha value is -1.82. The van der Waals surface area contributed by atoms with Crippen molar-refractivity contribution in [3.63, 3.8) is 0 Å². The van der Waals surface area contributed by atoms with Crippen LogP contribution in [0.1, 0.15) is 22.2 Å². The van der Waals surface area contributed by atoms with Crippen LogP contribution in [0.3, 0.4) is 0 Å². The summed E-state index contributed by atoms with van der Waals surface area (Å²) < 4.78 is 1.83. The molecule has 2 aromatic heterocycles. The summed E-state index contributed by atoms with van der Waals surface area (Å²) in [6, 6.07) is 4.73. The van der Waals surface area contributed by atoms with Gasteiger partial charge in [-0.3, -0.25) is 9.67 Å². The maximum atomic E-state index is 4.29. The summed E-state index contributed by atoms with van der Waals surface area (Å²) in [6.07, 6.45) is 5.90. The van der Waals surface area contributed by atoms with Gasteiger partial charge in [-0.05, 0) is 38.0 Å². The molecule has 1 atom stereocenters. The van der Waals surface area contributed by atoms with E-state index in [1.165, 1.54) is 15.3 Å². The number of nitrogens with zero attached hydrogens (tertiary/aromatic N) is 3. The third kappa shape index (κ3) is 5.18. The van der Waals surface area contributed by atoms with Crippen molar-refractivity contribution < 1.29 is 0 Å². The standard InChI is InChI=1S/C16H25N5S/c1-12(9-15-6-5-13(2)22-15)20-16(17-3)18-8-7-14-10-19-21(4)11-14/h5-6,10-12H,7-9H2,1-4H3,(H2,17,18,20). The Labute approximate surface area is 136 Å². The summed E-state index contributed by atoms with van der Waals surface area (Å²) >= 11 is 1.86. The normalized spacial score (nSPS) is 13.2. The Morgan fingerprint density at radius 1 is 1.45 bits per heavy atom. The minimum Gasteiger partial charge on any atom is -0.356 e. The SMILES string of the molecule is CN=C(NCCc1cnn(C)c1)NC(C)Cc1ccc(C)s1. The van der Waals surface area contributed by atoms with E-state index in [0.29, 0.717) is 6.04 Å². The lowest BCUT2D eigenvalue weighted by molar-refractivity contribution is 0.644. The van der Waals surface area contributed by atoms with Crippen LogP contribution in [0.25, 0.3) is 0 Å². The Kier molecular flexibility index (Phi) is 6.00. The molecule has 6 heteroatoms. The topological polar surface area (TPSA) is 54.2 Å². The number of guanidine groups is 1. The molecular weight excluding hydrogens is 294 g/mol. The molecule has 5 nitrogen and oxygen atoms in total. The Balaban J connectivity index is 1.74. The number of aliphatic imine (C=N–C) groups is 1. The Morgan fingerprint density at radius 3 is 2.86 bits per heavy atom. The number of rotatable bonds is 6. The van der Waals surface area contributed by atoms with Crippen molar-refractivity contribution in [3.8, 4) is 0 Å². The second kappa shape index (κ2) is 7.98. The molecule has 0 spiro atoms. The predicted molar refractivity (Wildman–Crippen MR) is 93.6 cm³/mol. The van der Waals surface area contributed by atoms with Crippen LogP contribution in [0.5, 0.6) is 0 Å². The van der Waals surface area contributed by atoms with Crippen LogP contribution in [-0.4, -0.2) is 35.4 Å². The second-order valence-corrected chi connectivity index (χ2v) is 6.91. The van der Waals surface area contributed by atoms with Crippen molar-refractivity contribution in [2.75, 3.05) is 13.6 Å². The van der Waals surface area contributed by atoms with E-state index in [1.54, 1.807) is 7.05 Å². The summed E-state index contributed by atoms with van der Waals surface area (Å²) in [6.45, 7) is 5.17. The second-order valence-electron chi connectivity index (χ2n) is 5.53. The van der Waals surface area contributed by atoms with Gasteiger partial charge in [-0.15, -0.1) is 11.3 Å². The minimum absolute atomic E-state index is 0.350. The molecule has 0 saturated carbocycles. The summed E-state index contributed by atoms with van der Waals surface area (Å²) in [4.78, 5) is 7.06. The van der Waals surface area contributed by atoms with Gasteiger partial charge >= 0.3 is 0 Å².